The van der Waals surface area contributed by atoms with E-state index in [1.54, 1.807) is 51.1 Å². The maximum atomic E-state index is 12.8. The molecule has 2 aromatic carbocycles. The average Bonchev–Trinajstić information content (AvgIpc) is 2.79. The van der Waals surface area contributed by atoms with E-state index in [4.69, 9.17) is 0 Å². The number of nitrogens with zero attached hydrogens (tertiary/aromatic N) is 1. The van der Waals surface area contributed by atoms with E-state index in [1.807, 2.05) is 13.8 Å². The molecule has 3 aromatic rings. The summed E-state index contributed by atoms with van der Waals surface area (Å²) in [6.07, 6.45) is -3.91. The molecule has 0 aliphatic carbocycles. The number of aryl methyl sites for hydroxylation is 1. The Morgan fingerprint density at radius 2 is 1.37 bits per heavy atom. The van der Waals surface area contributed by atoms with Crippen LogP contribution in [0.2, 0.25) is 0 Å². The summed E-state index contributed by atoms with van der Waals surface area (Å²) in [5.74, 6) is -2.77. The van der Waals surface area contributed by atoms with Gasteiger partial charge in [0.05, 0.1) is 5.52 Å². The maximum Gasteiger partial charge on any atom is 0.455 e. The Morgan fingerprint density at radius 3 is 1.80 bits per heavy atom. The van der Waals surface area contributed by atoms with Crippen molar-refractivity contribution in [2.75, 3.05) is 0 Å². The summed E-state index contributed by atoms with van der Waals surface area (Å²) in [6, 6.07) is 10.0. The number of alkyl halides is 3. The summed E-state index contributed by atoms with van der Waals surface area (Å²) >= 11 is 0. The molecule has 0 saturated carbocycles. The van der Waals surface area contributed by atoms with E-state index in [0.29, 0.717) is 23.7 Å². The van der Waals surface area contributed by atoms with Gasteiger partial charge < -0.3 is 19.3 Å². The number of carbonyl (C=O) groups excluding carboxylic acids is 3. The Balaban J connectivity index is 0.000000894. The standard InChI is InChI=1S/C17H12F3NO3.2C4H8O.Eu/c1-2-21-13-10-6-4-3-5-9(10)7-8-11(13)14(22)12(16(21)24)15(23)17(18,19)20;2*1-3-4(2)5;/h3-8,22H,2H2,1H3;2*3H2,1-2H3;. The molecule has 0 aliphatic heterocycles. The molecule has 0 fully saturated rings. The van der Waals surface area contributed by atoms with Crippen LogP contribution in [0.1, 0.15) is 57.8 Å². The van der Waals surface area contributed by atoms with Crippen molar-refractivity contribution in [1.29, 1.82) is 0 Å². The fourth-order valence-electron chi connectivity index (χ4n) is 2.86. The number of rotatable bonds is 4. The molecule has 1 radical (unpaired) electrons. The molecule has 0 bridgehead atoms. The molecule has 0 aliphatic rings. The predicted molar refractivity (Wildman–Crippen MR) is 125 cm³/mol. The van der Waals surface area contributed by atoms with Gasteiger partial charge in [0.1, 0.15) is 22.9 Å². The molecule has 1 heterocycles. The Morgan fingerprint density at radius 1 is 0.886 bits per heavy atom. The SMILES string of the molecule is CCC(C)=O.CCC(C)=O.CCn1c(=O)c(C(=O)C(F)(F)F)c(O)c2ccc3ccccc3c21.[Eu]. The zero-order valence-corrected chi connectivity index (χ0v) is 22.5. The number of halogens is 3. The van der Waals surface area contributed by atoms with Crippen molar-refractivity contribution in [3.63, 3.8) is 0 Å². The van der Waals surface area contributed by atoms with Gasteiger partial charge >= 0.3 is 6.18 Å². The molecule has 1 N–H and O–H groups in total. The largest absolute Gasteiger partial charge is 0.506 e. The van der Waals surface area contributed by atoms with E-state index in [0.717, 1.165) is 9.95 Å². The molecule has 0 atom stereocenters. The number of ketones is 3. The number of aromatic hydroxyl groups is 1. The van der Waals surface area contributed by atoms with Crippen LogP contribution in [-0.2, 0) is 16.1 Å². The van der Waals surface area contributed by atoms with Gasteiger partial charge in [0, 0.05) is 79.5 Å². The van der Waals surface area contributed by atoms with Crippen LogP contribution in [0, 0.1) is 49.4 Å². The van der Waals surface area contributed by atoms with Crippen LogP contribution in [0.15, 0.2) is 41.2 Å². The third-order valence-corrected chi connectivity index (χ3v) is 4.92. The molecule has 0 spiro atoms. The van der Waals surface area contributed by atoms with Crippen molar-refractivity contribution in [2.24, 2.45) is 0 Å². The Hall–Kier alpha value is -1.91. The molecule has 0 amide bonds. The molecular formula is C25H28EuF3NO5. The number of carbonyl (C=O) groups is 3. The summed E-state index contributed by atoms with van der Waals surface area (Å²) in [7, 11) is 0. The van der Waals surface area contributed by atoms with Crippen LogP contribution in [0.25, 0.3) is 21.7 Å². The maximum absolute atomic E-state index is 12.8. The molecule has 35 heavy (non-hydrogen) atoms. The van der Waals surface area contributed by atoms with Crippen molar-refractivity contribution in [3.8, 4) is 5.75 Å². The molecule has 191 valence electrons. The monoisotopic (exact) mass is 632 g/mol. The van der Waals surface area contributed by atoms with Gasteiger partial charge in [0.25, 0.3) is 11.3 Å². The van der Waals surface area contributed by atoms with Crippen molar-refractivity contribution in [2.45, 2.75) is 60.2 Å². The van der Waals surface area contributed by atoms with Gasteiger partial charge in [-0.3, -0.25) is 9.59 Å². The van der Waals surface area contributed by atoms with Crippen LogP contribution in [0.3, 0.4) is 0 Å². The van der Waals surface area contributed by atoms with Crippen molar-refractivity contribution >= 4 is 39.0 Å². The Labute approximate surface area is 242 Å². The van der Waals surface area contributed by atoms with Gasteiger partial charge in [0.15, 0.2) is 0 Å². The first kappa shape index (κ1) is 33.1. The fraction of sp³-hybridized carbons (Fsp3) is 0.360. The Bertz CT molecular complexity index is 1250. The zero-order chi connectivity index (χ0) is 26.2. The topological polar surface area (TPSA) is 93.4 Å². The van der Waals surface area contributed by atoms with E-state index in [9.17, 15) is 37.5 Å². The average molecular weight is 631 g/mol. The van der Waals surface area contributed by atoms with Crippen molar-refractivity contribution < 1.29 is 82.0 Å². The summed E-state index contributed by atoms with van der Waals surface area (Å²) in [5, 5.41) is 11.6. The normalized spacial score (nSPS) is 10.4. The molecular weight excluding hydrogens is 603 g/mol. The second-order valence-electron chi connectivity index (χ2n) is 7.39. The number of pyridine rings is 1. The van der Waals surface area contributed by atoms with Gasteiger partial charge in [-0.25, -0.2) is 0 Å². The number of aromatic nitrogens is 1. The van der Waals surface area contributed by atoms with E-state index in [2.05, 4.69) is 0 Å². The number of hydrogen-bond donors (Lipinski definition) is 1. The second-order valence-corrected chi connectivity index (χ2v) is 7.39. The third kappa shape index (κ3) is 8.61. The van der Waals surface area contributed by atoms with E-state index < -0.39 is 28.8 Å². The predicted octanol–water partition coefficient (Wildman–Crippen LogP) is 5.60. The minimum absolute atomic E-state index is 0. The fourth-order valence-corrected chi connectivity index (χ4v) is 2.86. The molecule has 6 nitrogen and oxygen atoms in total. The quantitative estimate of drug-likeness (QED) is 0.299. The summed E-state index contributed by atoms with van der Waals surface area (Å²) < 4.78 is 39.4. The van der Waals surface area contributed by atoms with Gasteiger partial charge in [-0.15, -0.1) is 0 Å². The molecule has 3 rings (SSSR count). The van der Waals surface area contributed by atoms with Gasteiger partial charge in [0.2, 0.25) is 0 Å². The molecule has 1 aromatic heterocycles. The van der Waals surface area contributed by atoms with Crippen molar-refractivity contribution in [3.05, 3.63) is 52.3 Å². The van der Waals surface area contributed by atoms with Crippen LogP contribution in [-0.4, -0.2) is 33.2 Å². The first-order valence-corrected chi connectivity index (χ1v) is 10.7. The van der Waals surface area contributed by atoms with Gasteiger partial charge in [-0.2, -0.15) is 13.2 Å². The smallest absolute Gasteiger partial charge is 0.455 e. The first-order chi connectivity index (χ1) is 15.8. The van der Waals surface area contributed by atoms with Crippen molar-refractivity contribution in [1.82, 2.24) is 4.57 Å². The molecule has 10 heteroatoms. The summed E-state index contributed by atoms with van der Waals surface area (Å²) in [4.78, 5) is 43.7. The number of fused-ring (bicyclic) bond motifs is 3. The third-order valence-electron chi connectivity index (χ3n) is 4.92. The zero-order valence-electron chi connectivity index (χ0n) is 20.1. The van der Waals surface area contributed by atoms with E-state index >= 15 is 0 Å². The van der Waals surface area contributed by atoms with E-state index in [-0.39, 0.29) is 72.9 Å². The van der Waals surface area contributed by atoms with E-state index in [1.165, 1.54) is 6.07 Å². The number of benzene rings is 2. The number of Topliss-reactive ketones (excluding diaryl/α,β-unsaturated/α-hetero) is 3. The molecule has 0 saturated heterocycles. The summed E-state index contributed by atoms with van der Waals surface area (Å²) in [6.45, 7) is 8.51. The second kappa shape index (κ2) is 14.6. The van der Waals surface area contributed by atoms with Gasteiger partial charge in [-0.1, -0.05) is 44.2 Å². The number of hydrogen-bond acceptors (Lipinski definition) is 5. The first-order valence-electron chi connectivity index (χ1n) is 10.7. The van der Waals surface area contributed by atoms with Crippen LogP contribution in [0.5, 0.6) is 5.75 Å². The Kier molecular flexibility index (Phi) is 13.8. The minimum Gasteiger partial charge on any atom is -0.506 e. The van der Waals surface area contributed by atoms with Crippen LogP contribution >= 0.6 is 0 Å². The summed E-state index contributed by atoms with van der Waals surface area (Å²) in [5.41, 5.74) is -2.09. The van der Waals surface area contributed by atoms with Gasteiger partial charge in [-0.05, 0) is 32.2 Å². The van der Waals surface area contributed by atoms with Crippen LogP contribution in [0.4, 0.5) is 13.2 Å². The minimum atomic E-state index is -5.24. The van der Waals surface area contributed by atoms with Crippen LogP contribution < -0.4 is 5.56 Å². The molecule has 0 unspecified atom stereocenters.